The van der Waals surface area contributed by atoms with Crippen LogP contribution in [0.5, 0.6) is 0 Å². The Labute approximate surface area is 126 Å². The zero-order valence-corrected chi connectivity index (χ0v) is 11.5. The second kappa shape index (κ2) is 4.96. The molecule has 5 nitrogen and oxygen atoms in total. The molecule has 108 valence electrons. The number of carbonyl (C=O) groups excluding carboxylic acids is 3. The molecule has 0 unspecified atom stereocenters. The smallest absolute Gasteiger partial charge is 0.345 e. The van der Waals surface area contributed by atoms with Gasteiger partial charge in [0.25, 0.3) is 0 Å². The number of esters is 1. The number of ketones is 2. The van der Waals surface area contributed by atoms with E-state index >= 15 is 0 Å². The molecule has 0 aromatic heterocycles. The molecule has 0 atom stereocenters. The predicted molar refractivity (Wildman–Crippen MR) is 79.8 cm³/mol. The number of ether oxygens (including phenoxy) is 1. The van der Waals surface area contributed by atoms with Gasteiger partial charge in [-0.2, -0.15) is 0 Å². The molecule has 22 heavy (non-hydrogen) atoms. The number of anilines is 1. The van der Waals surface area contributed by atoms with Crippen molar-refractivity contribution in [3.63, 3.8) is 0 Å². The lowest BCUT2D eigenvalue weighted by Gasteiger charge is -2.19. The zero-order valence-electron chi connectivity index (χ0n) is 11.5. The summed E-state index contributed by atoms with van der Waals surface area (Å²) in [6.45, 7) is 3.30. The van der Waals surface area contributed by atoms with Gasteiger partial charge in [0, 0.05) is 16.7 Å². The van der Waals surface area contributed by atoms with Crippen LogP contribution in [0.4, 0.5) is 5.69 Å². The van der Waals surface area contributed by atoms with E-state index in [1.165, 1.54) is 12.1 Å². The van der Waals surface area contributed by atoms with E-state index < -0.39 is 5.97 Å². The van der Waals surface area contributed by atoms with E-state index in [2.05, 4.69) is 11.3 Å². The van der Waals surface area contributed by atoms with Gasteiger partial charge >= 0.3 is 5.97 Å². The monoisotopic (exact) mass is 293 g/mol. The Morgan fingerprint density at radius 3 is 2.27 bits per heavy atom. The lowest BCUT2D eigenvalue weighted by atomic mass is 9.82. The molecule has 0 fully saturated rings. The van der Waals surface area contributed by atoms with E-state index in [-0.39, 0.29) is 39.5 Å². The lowest BCUT2D eigenvalue weighted by Crippen LogP contribution is -2.23. The Hall–Kier alpha value is -3.21. The number of carbonyl (C=O) groups is 3. The van der Waals surface area contributed by atoms with Crippen molar-refractivity contribution in [1.82, 2.24) is 0 Å². The number of nitrogen functional groups attached to an aromatic ring is 1. The van der Waals surface area contributed by atoms with Crippen LogP contribution >= 0.6 is 0 Å². The SMILES string of the molecule is C=COC(=O)c1ccc2c(c1N)C(=O)c1ccccc1C2=O. The maximum absolute atomic E-state index is 12.6. The Balaban J connectivity index is 2.23. The van der Waals surface area contributed by atoms with Gasteiger partial charge in [-0.25, -0.2) is 4.79 Å². The van der Waals surface area contributed by atoms with E-state index in [1.54, 1.807) is 24.3 Å². The number of fused-ring (bicyclic) bond motifs is 2. The molecular weight excluding hydrogens is 282 g/mol. The third-order valence-corrected chi connectivity index (χ3v) is 3.54. The summed E-state index contributed by atoms with van der Waals surface area (Å²) in [5.41, 5.74) is 6.75. The molecule has 0 saturated heterocycles. The first-order valence-electron chi connectivity index (χ1n) is 6.49. The van der Waals surface area contributed by atoms with Gasteiger partial charge in [0.2, 0.25) is 0 Å². The van der Waals surface area contributed by atoms with Crippen molar-refractivity contribution < 1.29 is 19.1 Å². The standard InChI is InChI=1S/C17H11NO4/c1-2-22-17(21)12-8-7-11-13(14(12)18)16(20)10-6-4-3-5-9(10)15(11)19/h2-8H,1,18H2. The zero-order chi connectivity index (χ0) is 15.9. The first-order valence-corrected chi connectivity index (χ1v) is 6.49. The summed E-state index contributed by atoms with van der Waals surface area (Å²) in [5, 5.41) is 0. The van der Waals surface area contributed by atoms with Crippen LogP contribution in [0.1, 0.15) is 42.2 Å². The summed E-state index contributed by atoms with van der Waals surface area (Å²) in [6.07, 6.45) is 0.976. The third-order valence-electron chi connectivity index (χ3n) is 3.54. The van der Waals surface area contributed by atoms with E-state index in [0.29, 0.717) is 5.56 Å². The minimum atomic E-state index is -0.727. The number of hydrogen-bond acceptors (Lipinski definition) is 5. The molecule has 0 spiro atoms. The summed E-state index contributed by atoms with van der Waals surface area (Å²) in [4.78, 5) is 36.9. The van der Waals surface area contributed by atoms with Crippen molar-refractivity contribution in [2.45, 2.75) is 0 Å². The van der Waals surface area contributed by atoms with Crippen molar-refractivity contribution in [2.75, 3.05) is 5.73 Å². The van der Waals surface area contributed by atoms with Gasteiger partial charge in [0.1, 0.15) is 0 Å². The number of nitrogens with two attached hydrogens (primary N) is 1. The Bertz CT molecular complexity index is 852. The third kappa shape index (κ3) is 1.83. The number of hydrogen-bond donors (Lipinski definition) is 1. The molecule has 2 aromatic rings. The minimum absolute atomic E-state index is 0.0270. The van der Waals surface area contributed by atoms with Gasteiger partial charge in [-0.05, 0) is 12.1 Å². The Morgan fingerprint density at radius 1 is 1.00 bits per heavy atom. The fourth-order valence-corrected chi connectivity index (χ4v) is 2.53. The molecule has 0 amide bonds. The van der Waals surface area contributed by atoms with Gasteiger partial charge < -0.3 is 10.5 Å². The number of rotatable bonds is 2. The largest absolute Gasteiger partial charge is 0.431 e. The van der Waals surface area contributed by atoms with Crippen LogP contribution in [0.25, 0.3) is 0 Å². The van der Waals surface area contributed by atoms with E-state index in [4.69, 9.17) is 5.73 Å². The summed E-state index contributed by atoms with van der Waals surface area (Å²) < 4.78 is 4.68. The molecule has 0 saturated carbocycles. The fraction of sp³-hybridized carbons (Fsp3) is 0. The van der Waals surface area contributed by atoms with Gasteiger partial charge in [0.05, 0.1) is 23.1 Å². The van der Waals surface area contributed by atoms with Crippen LogP contribution in [0.2, 0.25) is 0 Å². The second-order valence-electron chi connectivity index (χ2n) is 4.73. The molecule has 1 aliphatic carbocycles. The van der Waals surface area contributed by atoms with Crippen LogP contribution in [0.15, 0.2) is 49.2 Å². The molecule has 0 radical (unpaired) electrons. The summed E-state index contributed by atoms with van der Waals surface area (Å²) in [5.74, 6) is -1.40. The highest BCUT2D eigenvalue weighted by Crippen LogP contribution is 2.32. The first kappa shape index (κ1) is 13.8. The lowest BCUT2D eigenvalue weighted by molar-refractivity contribution is 0.0665. The van der Waals surface area contributed by atoms with E-state index in [1.807, 2.05) is 0 Å². The average molecular weight is 293 g/mol. The van der Waals surface area contributed by atoms with Crippen molar-refractivity contribution >= 4 is 23.2 Å². The van der Waals surface area contributed by atoms with Gasteiger partial charge in [-0.1, -0.05) is 30.8 Å². The van der Waals surface area contributed by atoms with Crippen molar-refractivity contribution in [2.24, 2.45) is 0 Å². The van der Waals surface area contributed by atoms with Gasteiger partial charge in [-0.15, -0.1) is 0 Å². The molecule has 2 N–H and O–H groups in total. The Morgan fingerprint density at radius 2 is 1.64 bits per heavy atom. The molecule has 2 aromatic carbocycles. The first-order chi connectivity index (χ1) is 10.6. The summed E-state index contributed by atoms with van der Waals surface area (Å²) in [6, 6.07) is 9.30. The van der Waals surface area contributed by atoms with E-state index in [9.17, 15) is 14.4 Å². The summed E-state index contributed by atoms with van der Waals surface area (Å²) >= 11 is 0. The molecule has 0 aliphatic heterocycles. The molecule has 3 rings (SSSR count). The molecule has 0 heterocycles. The van der Waals surface area contributed by atoms with Crippen LogP contribution in [0, 0.1) is 0 Å². The quantitative estimate of drug-likeness (QED) is 0.445. The van der Waals surface area contributed by atoms with Crippen LogP contribution < -0.4 is 5.73 Å². The van der Waals surface area contributed by atoms with Crippen LogP contribution in [0.3, 0.4) is 0 Å². The fourth-order valence-electron chi connectivity index (χ4n) is 2.53. The highest BCUT2D eigenvalue weighted by Gasteiger charge is 2.32. The maximum Gasteiger partial charge on any atom is 0.345 e. The molecular formula is C17H11NO4. The molecule has 1 aliphatic rings. The highest BCUT2D eigenvalue weighted by molar-refractivity contribution is 6.30. The van der Waals surface area contributed by atoms with E-state index in [0.717, 1.165) is 6.26 Å². The minimum Gasteiger partial charge on any atom is -0.431 e. The topological polar surface area (TPSA) is 86.5 Å². The van der Waals surface area contributed by atoms with Gasteiger partial charge in [-0.3, -0.25) is 9.59 Å². The molecule has 0 bridgehead atoms. The highest BCUT2D eigenvalue weighted by atomic mass is 16.5. The van der Waals surface area contributed by atoms with Crippen molar-refractivity contribution in [3.05, 3.63) is 77.1 Å². The van der Waals surface area contributed by atoms with Crippen molar-refractivity contribution in [3.8, 4) is 0 Å². The molecule has 5 heteroatoms. The predicted octanol–water partition coefficient (Wildman–Crippen LogP) is 2.34. The maximum atomic E-state index is 12.6. The normalized spacial score (nSPS) is 12.4. The van der Waals surface area contributed by atoms with Crippen LogP contribution in [-0.2, 0) is 4.74 Å². The number of benzene rings is 2. The van der Waals surface area contributed by atoms with Crippen molar-refractivity contribution in [1.29, 1.82) is 0 Å². The second-order valence-corrected chi connectivity index (χ2v) is 4.73. The van der Waals surface area contributed by atoms with Gasteiger partial charge in [0.15, 0.2) is 11.6 Å². The summed E-state index contributed by atoms with van der Waals surface area (Å²) in [7, 11) is 0. The van der Waals surface area contributed by atoms with Crippen LogP contribution in [-0.4, -0.2) is 17.5 Å². The Kier molecular flexibility index (Phi) is 3.10. The average Bonchev–Trinajstić information content (AvgIpc) is 2.52.